The second-order valence-electron chi connectivity index (χ2n) is 5.71. The molecule has 1 aliphatic carbocycles. The number of ether oxygens (including phenoxy) is 1. The van der Waals surface area contributed by atoms with Gasteiger partial charge in [0.15, 0.2) is 6.61 Å². The molecule has 1 fully saturated rings. The van der Waals surface area contributed by atoms with Gasteiger partial charge in [-0.25, -0.2) is 4.79 Å². The lowest BCUT2D eigenvalue weighted by Gasteiger charge is -2.25. The number of carboxylic acid groups (broad SMARTS) is 1. The number of hydrogen-bond donors (Lipinski definition) is 3. The third-order valence-electron chi connectivity index (χ3n) is 3.79. The first-order valence-corrected chi connectivity index (χ1v) is 7.71. The normalized spacial score (nSPS) is 15.7. The minimum absolute atomic E-state index is 0.0943. The highest BCUT2D eigenvalue weighted by Crippen LogP contribution is 2.30. The van der Waals surface area contributed by atoms with Crippen LogP contribution < -0.4 is 16.2 Å². The average molecular weight is 331 g/mol. The molecule has 128 valence electrons. The predicted molar refractivity (Wildman–Crippen MR) is 89.5 cm³/mol. The number of hydrogen-bond acceptors (Lipinski definition) is 4. The number of carboxylic acids is 1. The highest BCUT2D eigenvalue weighted by atomic mass is 16.5. The minimum Gasteiger partial charge on any atom is -0.482 e. The third kappa shape index (κ3) is 5.42. The lowest BCUT2D eigenvalue weighted by atomic mass is 9.83. The number of aliphatic imine (C=N–C) groups is 1. The van der Waals surface area contributed by atoms with E-state index in [0.29, 0.717) is 17.4 Å². The van der Waals surface area contributed by atoms with Gasteiger partial charge >= 0.3 is 5.97 Å². The van der Waals surface area contributed by atoms with E-state index in [2.05, 4.69) is 4.99 Å². The Hall–Kier alpha value is -2.83. The van der Waals surface area contributed by atoms with Crippen molar-refractivity contribution < 1.29 is 19.4 Å². The maximum atomic E-state index is 11.9. The fourth-order valence-corrected chi connectivity index (χ4v) is 2.27. The maximum Gasteiger partial charge on any atom is 0.341 e. The Bertz CT molecular complexity index is 661. The zero-order valence-corrected chi connectivity index (χ0v) is 13.3. The van der Waals surface area contributed by atoms with Gasteiger partial charge < -0.3 is 21.3 Å². The average Bonchev–Trinajstić information content (AvgIpc) is 2.44. The number of carbonyl (C=O) groups excluding carboxylic acids is 1. The van der Waals surface area contributed by atoms with Crippen LogP contribution in [-0.2, 0) is 16.0 Å². The molecule has 1 amide bonds. The molecule has 7 heteroatoms. The van der Waals surface area contributed by atoms with E-state index < -0.39 is 12.6 Å². The Morgan fingerprint density at radius 3 is 2.46 bits per heavy atom. The van der Waals surface area contributed by atoms with E-state index in [1.54, 1.807) is 30.3 Å². The van der Waals surface area contributed by atoms with Gasteiger partial charge in [-0.15, -0.1) is 0 Å². The zero-order valence-electron chi connectivity index (χ0n) is 13.3. The molecule has 1 saturated carbocycles. The minimum atomic E-state index is -1.05. The van der Waals surface area contributed by atoms with Gasteiger partial charge in [-0.05, 0) is 42.5 Å². The first kappa shape index (κ1) is 17.5. The van der Waals surface area contributed by atoms with Gasteiger partial charge in [-0.1, -0.05) is 18.6 Å². The van der Waals surface area contributed by atoms with Crippen LogP contribution in [0.4, 0.5) is 0 Å². The molecule has 0 radical (unpaired) electrons. The summed E-state index contributed by atoms with van der Waals surface area (Å²) in [5.41, 5.74) is 13.1. The molecule has 0 spiro atoms. The lowest BCUT2D eigenvalue weighted by molar-refractivity contribution is -0.139. The Balaban J connectivity index is 1.89. The fourth-order valence-electron chi connectivity index (χ4n) is 2.27. The molecular formula is C17H21N3O4. The first-order chi connectivity index (χ1) is 11.4. The van der Waals surface area contributed by atoms with E-state index in [0.717, 1.165) is 18.4 Å². The standard InChI is InChI=1S/C17H21N3O4/c18-14(12-2-1-3-12)9-15(19)20-16(21)8-11-4-6-13(7-5-11)24-10-17(22)23/h4-7,9,12H,1-3,8,10,18H2,(H,22,23)(H2,19,20,21)/b14-9-. The van der Waals surface area contributed by atoms with Crippen molar-refractivity contribution in [1.82, 2.24) is 0 Å². The molecule has 0 heterocycles. The highest BCUT2D eigenvalue weighted by Gasteiger charge is 2.19. The third-order valence-corrected chi connectivity index (χ3v) is 3.79. The van der Waals surface area contributed by atoms with Gasteiger partial charge in [-0.3, -0.25) is 4.79 Å². The van der Waals surface area contributed by atoms with E-state index in [1.165, 1.54) is 6.42 Å². The summed E-state index contributed by atoms with van der Waals surface area (Å²) in [6.07, 6.45) is 4.93. The van der Waals surface area contributed by atoms with Crippen molar-refractivity contribution in [3.05, 3.63) is 41.6 Å². The van der Waals surface area contributed by atoms with E-state index in [9.17, 15) is 9.59 Å². The van der Waals surface area contributed by atoms with Gasteiger partial charge in [-0.2, -0.15) is 4.99 Å². The fraction of sp³-hybridized carbons (Fsp3) is 0.353. The molecule has 5 N–H and O–H groups in total. The number of carbonyl (C=O) groups is 2. The Morgan fingerprint density at radius 1 is 1.25 bits per heavy atom. The summed E-state index contributed by atoms with van der Waals surface area (Å²) in [7, 11) is 0. The molecule has 2 rings (SSSR count). The topological polar surface area (TPSA) is 128 Å². The van der Waals surface area contributed by atoms with Gasteiger partial charge in [0.1, 0.15) is 11.6 Å². The molecular weight excluding hydrogens is 310 g/mol. The number of nitrogens with zero attached hydrogens (tertiary/aromatic N) is 1. The smallest absolute Gasteiger partial charge is 0.341 e. The van der Waals surface area contributed by atoms with Crippen LogP contribution >= 0.6 is 0 Å². The zero-order chi connectivity index (χ0) is 17.5. The van der Waals surface area contributed by atoms with Crippen LogP contribution in [0.25, 0.3) is 0 Å². The van der Waals surface area contributed by atoms with Crippen molar-refractivity contribution in [3.63, 3.8) is 0 Å². The van der Waals surface area contributed by atoms with E-state index in [4.69, 9.17) is 21.3 Å². The van der Waals surface area contributed by atoms with Gasteiger partial charge in [0.05, 0.1) is 6.42 Å². The van der Waals surface area contributed by atoms with Crippen molar-refractivity contribution in [2.24, 2.45) is 22.4 Å². The van der Waals surface area contributed by atoms with Crippen LogP contribution in [0.2, 0.25) is 0 Å². The summed E-state index contributed by atoms with van der Waals surface area (Å²) in [5, 5.41) is 8.54. The van der Waals surface area contributed by atoms with Crippen molar-refractivity contribution in [2.75, 3.05) is 6.61 Å². The molecule has 1 aliphatic rings. The second-order valence-corrected chi connectivity index (χ2v) is 5.71. The molecule has 0 atom stereocenters. The van der Waals surface area contributed by atoms with E-state index >= 15 is 0 Å². The number of amides is 1. The molecule has 1 aromatic carbocycles. The second kappa shape index (κ2) is 8.14. The van der Waals surface area contributed by atoms with Gasteiger partial charge in [0.2, 0.25) is 0 Å². The Labute approximate surface area is 140 Å². The molecule has 7 nitrogen and oxygen atoms in total. The number of aliphatic carboxylic acids is 1. The summed E-state index contributed by atoms with van der Waals surface area (Å²) in [5.74, 6) is -0.525. The number of rotatable bonds is 7. The molecule has 0 bridgehead atoms. The van der Waals surface area contributed by atoms with Crippen LogP contribution in [0.5, 0.6) is 5.75 Å². The summed E-state index contributed by atoms with van der Waals surface area (Å²) in [4.78, 5) is 26.2. The predicted octanol–water partition coefficient (Wildman–Crippen LogP) is 1.22. The van der Waals surface area contributed by atoms with Crippen molar-refractivity contribution in [2.45, 2.75) is 25.7 Å². The Morgan fingerprint density at radius 2 is 1.92 bits per heavy atom. The summed E-state index contributed by atoms with van der Waals surface area (Å²) < 4.78 is 5.02. The quantitative estimate of drug-likeness (QED) is 0.509. The SMILES string of the molecule is NC(/C=C(\N)C1CCC1)=NC(=O)Cc1ccc(OCC(=O)O)cc1. The van der Waals surface area contributed by atoms with Crippen molar-refractivity contribution in [3.8, 4) is 5.75 Å². The van der Waals surface area contributed by atoms with Crippen LogP contribution in [-0.4, -0.2) is 29.4 Å². The molecule has 24 heavy (non-hydrogen) atoms. The number of amidine groups is 1. The molecule has 0 saturated heterocycles. The van der Waals surface area contributed by atoms with Crippen molar-refractivity contribution in [1.29, 1.82) is 0 Å². The summed E-state index contributed by atoms with van der Waals surface area (Å²) in [6.45, 7) is -0.409. The number of benzene rings is 1. The molecule has 0 unspecified atom stereocenters. The Kier molecular flexibility index (Phi) is 5.95. The highest BCUT2D eigenvalue weighted by molar-refractivity contribution is 6.00. The largest absolute Gasteiger partial charge is 0.482 e. The van der Waals surface area contributed by atoms with Crippen LogP contribution in [0.3, 0.4) is 0 Å². The van der Waals surface area contributed by atoms with E-state index in [-0.39, 0.29) is 18.2 Å². The molecule has 0 aromatic heterocycles. The van der Waals surface area contributed by atoms with E-state index in [1.807, 2.05) is 0 Å². The van der Waals surface area contributed by atoms with Crippen LogP contribution in [0, 0.1) is 5.92 Å². The lowest BCUT2D eigenvalue weighted by Crippen LogP contribution is -2.22. The van der Waals surface area contributed by atoms with Gasteiger partial charge in [0.25, 0.3) is 5.91 Å². The first-order valence-electron chi connectivity index (χ1n) is 7.71. The van der Waals surface area contributed by atoms with Crippen LogP contribution in [0.1, 0.15) is 24.8 Å². The van der Waals surface area contributed by atoms with Gasteiger partial charge in [0, 0.05) is 5.70 Å². The number of nitrogens with two attached hydrogens (primary N) is 2. The maximum absolute atomic E-state index is 11.9. The number of allylic oxidation sites excluding steroid dienone is 1. The summed E-state index contributed by atoms with van der Waals surface area (Å²) in [6, 6.07) is 6.57. The molecule has 0 aliphatic heterocycles. The molecule has 1 aromatic rings. The monoisotopic (exact) mass is 331 g/mol. The van der Waals surface area contributed by atoms with Crippen LogP contribution in [0.15, 0.2) is 41.0 Å². The van der Waals surface area contributed by atoms with Crippen molar-refractivity contribution >= 4 is 17.7 Å². The summed E-state index contributed by atoms with van der Waals surface area (Å²) >= 11 is 0.